The van der Waals surface area contributed by atoms with Crippen LogP contribution in [-0.4, -0.2) is 21.4 Å². The lowest BCUT2D eigenvalue weighted by Gasteiger charge is -2.21. The molecular formula is C20H24O4Si. The van der Waals surface area contributed by atoms with Gasteiger partial charge in [0.2, 0.25) is 8.32 Å². The van der Waals surface area contributed by atoms with Crippen molar-refractivity contribution in [2.24, 2.45) is 0 Å². The summed E-state index contributed by atoms with van der Waals surface area (Å²) in [6.45, 7) is 6.58. The third-order valence-electron chi connectivity index (χ3n) is 3.24. The van der Waals surface area contributed by atoms with E-state index in [2.05, 4.69) is 19.6 Å². The fourth-order valence-corrected chi connectivity index (χ4v) is 2.97. The topological polar surface area (TPSA) is 44.8 Å². The number of esters is 1. The minimum Gasteiger partial charge on any atom is -0.542 e. The molecule has 0 N–H and O–H groups in total. The maximum Gasteiger partial charge on any atom is 0.331 e. The van der Waals surface area contributed by atoms with Crippen LogP contribution in [-0.2, 0) is 16.1 Å². The fourth-order valence-electron chi connectivity index (χ4n) is 2.15. The van der Waals surface area contributed by atoms with Gasteiger partial charge in [-0.15, -0.1) is 0 Å². The number of carbonyl (C=O) groups excluding carboxylic acids is 1. The Labute approximate surface area is 150 Å². The lowest BCUT2D eigenvalue weighted by Crippen LogP contribution is -2.29. The molecule has 0 saturated carbocycles. The summed E-state index contributed by atoms with van der Waals surface area (Å²) in [5.74, 6) is 1.00. The predicted octanol–water partition coefficient (Wildman–Crippen LogP) is 4.67. The lowest BCUT2D eigenvalue weighted by atomic mass is 10.2. The quantitative estimate of drug-likeness (QED) is 0.411. The lowest BCUT2D eigenvalue weighted by molar-refractivity contribution is -0.138. The Kier molecular flexibility index (Phi) is 6.42. The summed E-state index contributed by atoms with van der Waals surface area (Å²) in [5, 5.41) is 0. The van der Waals surface area contributed by atoms with Crippen molar-refractivity contribution in [2.45, 2.75) is 26.2 Å². The molecule has 0 aromatic heterocycles. The third-order valence-corrected chi connectivity index (χ3v) is 4.07. The second kappa shape index (κ2) is 8.53. The van der Waals surface area contributed by atoms with E-state index in [0.29, 0.717) is 11.5 Å². The Bertz CT molecular complexity index is 733. The molecule has 2 rings (SSSR count). The van der Waals surface area contributed by atoms with Crippen molar-refractivity contribution in [2.75, 3.05) is 7.11 Å². The molecule has 25 heavy (non-hydrogen) atoms. The summed E-state index contributed by atoms with van der Waals surface area (Å²) in [7, 11) is -0.145. The first-order chi connectivity index (χ1) is 11.9. The van der Waals surface area contributed by atoms with Gasteiger partial charge in [-0.25, -0.2) is 4.79 Å². The average Bonchev–Trinajstić information content (AvgIpc) is 2.58. The molecule has 0 amide bonds. The highest BCUT2D eigenvalue weighted by molar-refractivity contribution is 6.70. The van der Waals surface area contributed by atoms with Gasteiger partial charge >= 0.3 is 5.97 Å². The molecule has 0 aliphatic carbocycles. The largest absolute Gasteiger partial charge is 0.542 e. The smallest absolute Gasteiger partial charge is 0.331 e. The van der Waals surface area contributed by atoms with Gasteiger partial charge in [-0.3, -0.25) is 0 Å². The van der Waals surface area contributed by atoms with Crippen molar-refractivity contribution in [3.05, 3.63) is 65.7 Å². The van der Waals surface area contributed by atoms with Gasteiger partial charge in [0, 0.05) is 6.08 Å². The first-order valence-electron chi connectivity index (χ1n) is 8.13. The molecule has 2 aromatic rings. The van der Waals surface area contributed by atoms with Crippen LogP contribution in [0.3, 0.4) is 0 Å². The van der Waals surface area contributed by atoms with Crippen molar-refractivity contribution in [3.8, 4) is 11.5 Å². The molecule has 0 atom stereocenters. The molecule has 0 fully saturated rings. The molecular weight excluding hydrogens is 332 g/mol. The molecule has 0 bridgehead atoms. The summed E-state index contributed by atoms with van der Waals surface area (Å²) in [6, 6.07) is 15.2. The first-order valence-corrected chi connectivity index (χ1v) is 11.5. The minimum absolute atomic E-state index is 0.261. The number of rotatable bonds is 7. The molecule has 0 spiro atoms. The second-order valence-corrected chi connectivity index (χ2v) is 11.0. The van der Waals surface area contributed by atoms with Gasteiger partial charge in [-0.05, 0) is 49.0 Å². The number of ether oxygens (including phenoxy) is 2. The Balaban J connectivity index is 2.02. The van der Waals surface area contributed by atoms with Crippen LogP contribution in [0.1, 0.15) is 11.1 Å². The molecule has 0 heterocycles. The van der Waals surface area contributed by atoms with E-state index in [1.54, 1.807) is 13.2 Å². The highest BCUT2D eigenvalue weighted by Gasteiger charge is 2.18. The number of benzene rings is 2. The predicted molar refractivity (Wildman–Crippen MR) is 102 cm³/mol. The Hall–Kier alpha value is -2.53. The van der Waals surface area contributed by atoms with Gasteiger partial charge in [0.1, 0.15) is 12.4 Å². The Morgan fingerprint density at radius 2 is 1.76 bits per heavy atom. The molecule has 0 radical (unpaired) electrons. The highest BCUT2D eigenvalue weighted by Crippen LogP contribution is 2.30. The summed E-state index contributed by atoms with van der Waals surface area (Å²) < 4.78 is 16.6. The van der Waals surface area contributed by atoms with Crippen LogP contribution in [0.15, 0.2) is 54.6 Å². The van der Waals surface area contributed by atoms with Gasteiger partial charge in [0.05, 0.1) is 7.11 Å². The van der Waals surface area contributed by atoms with E-state index in [-0.39, 0.29) is 12.6 Å². The van der Waals surface area contributed by atoms with Gasteiger partial charge in [0.15, 0.2) is 5.75 Å². The van der Waals surface area contributed by atoms with Crippen molar-refractivity contribution in [1.82, 2.24) is 0 Å². The van der Waals surface area contributed by atoms with Crippen molar-refractivity contribution < 1.29 is 18.7 Å². The number of methoxy groups -OCH3 is 1. The standard InChI is InChI=1S/C20H24O4Si/c1-22-18-12-10-16(14-19(18)24-25(2,3)4)11-13-20(21)23-15-17-8-6-5-7-9-17/h5-14H,15H2,1-4H3/b13-11+. The van der Waals surface area contributed by atoms with Crippen LogP contribution in [0.4, 0.5) is 0 Å². The zero-order valence-electron chi connectivity index (χ0n) is 15.1. The monoisotopic (exact) mass is 356 g/mol. The van der Waals surface area contributed by atoms with Crippen LogP contribution in [0, 0.1) is 0 Å². The van der Waals surface area contributed by atoms with E-state index in [1.807, 2.05) is 48.5 Å². The normalized spacial score (nSPS) is 11.4. The third kappa shape index (κ3) is 6.47. The van der Waals surface area contributed by atoms with Gasteiger partial charge in [0.25, 0.3) is 0 Å². The zero-order chi connectivity index (χ0) is 18.3. The molecule has 4 nitrogen and oxygen atoms in total. The molecule has 0 aliphatic heterocycles. The number of hydrogen-bond acceptors (Lipinski definition) is 4. The maximum atomic E-state index is 11.9. The van der Waals surface area contributed by atoms with Gasteiger partial charge in [-0.1, -0.05) is 36.4 Å². The van der Waals surface area contributed by atoms with Crippen LogP contribution >= 0.6 is 0 Å². The van der Waals surface area contributed by atoms with Crippen molar-refractivity contribution >= 4 is 20.4 Å². The Morgan fingerprint density at radius 3 is 2.40 bits per heavy atom. The van der Waals surface area contributed by atoms with Crippen LogP contribution < -0.4 is 9.16 Å². The van der Waals surface area contributed by atoms with Gasteiger partial charge < -0.3 is 13.9 Å². The minimum atomic E-state index is -1.76. The molecule has 0 aliphatic rings. The van der Waals surface area contributed by atoms with E-state index in [9.17, 15) is 4.79 Å². The molecule has 132 valence electrons. The number of hydrogen-bond donors (Lipinski definition) is 0. The molecule has 2 aromatic carbocycles. The summed E-state index contributed by atoms with van der Waals surface area (Å²) >= 11 is 0. The summed E-state index contributed by atoms with van der Waals surface area (Å²) in [5.41, 5.74) is 1.81. The second-order valence-electron chi connectivity index (χ2n) is 6.55. The van der Waals surface area contributed by atoms with Gasteiger partial charge in [-0.2, -0.15) is 0 Å². The summed E-state index contributed by atoms with van der Waals surface area (Å²) in [4.78, 5) is 11.9. The molecule has 0 unspecified atom stereocenters. The zero-order valence-corrected chi connectivity index (χ0v) is 16.1. The van der Waals surface area contributed by atoms with E-state index in [4.69, 9.17) is 13.9 Å². The highest BCUT2D eigenvalue weighted by atomic mass is 28.4. The van der Waals surface area contributed by atoms with Crippen LogP contribution in [0.5, 0.6) is 11.5 Å². The molecule has 0 saturated heterocycles. The van der Waals surface area contributed by atoms with E-state index in [0.717, 1.165) is 11.1 Å². The van der Waals surface area contributed by atoms with Crippen LogP contribution in [0.2, 0.25) is 19.6 Å². The van der Waals surface area contributed by atoms with E-state index >= 15 is 0 Å². The Morgan fingerprint density at radius 1 is 1.04 bits per heavy atom. The first kappa shape index (κ1) is 18.8. The van der Waals surface area contributed by atoms with Crippen LogP contribution in [0.25, 0.3) is 6.08 Å². The van der Waals surface area contributed by atoms with E-state index in [1.165, 1.54) is 6.08 Å². The van der Waals surface area contributed by atoms with E-state index < -0.39 is 8.32 Å². The summed E-state index contributed by atoms with van der Waals surface area (Å²) in [6.07, 6.45) is 3.13. The van der Waals surface area contributed by atoms with Crippen molar-refractivity contribution in [1.29, 1.82) is 0 Å². The van der Waals surface area contributed by atoms with Crippen molar-refractivity contribution in [3.63, 3.8) is 0 Å². The number of carbonyl (C=O) groups is 1. The SMILES string of the molecule is COc1ccc(/C=C/C(=O)OCc2ccccc2)cc1O[Si](C)(C)C. The average molecular weight is 356 g/mol. The maximum absolute atomic E-state index is 11.9. The molecule has 5 heteroatoms. The fraction of sp³-hybridized carbons (Fsp3) is 0.250.